The second kappa shape index (κ2) is 6.81. The molecule has 0 aliphatic rings. The van der Waals surface area contributed by atoms with Crippen molar-refractivity contribution in [3.63, 3.8) is 0 Å². The predicted molar refractivity (Wildman–Crippen MR) is 67.2 cm³/mol. The first-order chi connectivity index (χ1) is 7.59. The molecule has 0 aliphatic heterocycles. The van der Waals surface area contributed by atoms with E-state index in [1.54, 1.807) is 0 Å². The van der Waals surface area contributed by atoms with Crippen LogP contribution in [0.5, 0.6) is 5.19 Å². The highest BCUT2D eigenvalue weighted by Crippen LogP contribution is 2.19. The van der Waals surface area contributed by atoms with Crippen molar-refractivity contribution in [2.75, 3.05) is 13.2 Å². The molecule has 0 radical (unpaired) electrons. The van der Waals surface area contributed by atoms with Crippen LogP contribution in [-0.2, 0) is 0 Å². The summed E-state index contributed by atoms with van der Waals surface area (Å²) in [5.41, 5.74) is 0. The number of rotatable bonds is 7. The predicted octanol–water partition coefficient (Wildman–Crippen LogP) is 2.43. The van der Waals surface area contributed by atoms with Crippen molar-refractivity contribution in [2.45, 2.75) is 46.1 Å². The van der Waals surface area contributed by atoms with Crippen molar-refractivity contribution in [3.05, 3.63) is 5.82 Å². The summed E-state index contributed by atoms with van der Waals surface area (Å²) >= 11 is 1.34. The van der Waals surface area contributed by atoms with Crippen LogP contribution in [0.25, 0.3) is 0 Å². The second-order valence-corrected chi connectivity index (χ2v) is 5.10. The largest absolute Gasteiger partial charge is 0.469 e. The fourth-order valence-electron chi connectivity index (χ4n) is 1.14. The third-order valence-electron chi connectivity index (χ3n) is 2.04. The number of hydrogen-bond acceptors (Lipinski definition) is 5. The van der Waals surface area contributed by atoms with Crippen LogP contribution >= 0.6 is 11.5 Å². The molecule has 0 aromatic carbocycles. The number of ether oxygens (including phenoxy) is 1. The first-order valence-electron chi connectivity index (χ1n) is 5.79. The maximum Gasteiger partial charge on any atom is 0.293 e. The minimum atomic E-state index is 0.371. The average molecular weight is 243 g/mol. The maximum absolute atomic E-state index is 5.52. The summed E-state index contributed by atoms with van der Waals surface area (Å²) in [6.45, 7) is 10.1. The lowest BCUT2D eigenvalue weighted by molar-refractivity contribution is 0.304. The molecular formula is C11H21N3OS. The molecule has 1 aromatic rings. The van der Waals surface area contributed by atoms with E-state index < -0.39 is 0 Å². The van der Waals surface area contributed by atoms with Crippen molar-refractivity contribution in [3.8, 4) is 5.19 Å². The van der Waals surface area contributed by atoms with Gasteiger partial charge in [-0.3, -0.25) is 0 Å². The Labute approximate surface area is 102 Å². The maximum atomic E-state index is 5.52. The minimum absolute atomic E-state index is 0.371. The van der Waals surface area contributed by atoms with Crippen molar-refractivity contribution < 1.29 is 4.74 Å². The monoisotopic (exact) mass is 243 g/mol. The van der Waals surface area contributed by atoms with Gasteiger partial charge in [-0.05, 0) is 13.0 Å². The van der Waals surface area contributed by atoms with Gasteiger partial charge in [0.25, 0.3) is 5.19 Å². The molecule has 0 aliphatic carbocycles. The Balaban J connectivity index is 2.17. The third-order valence-corrected chi connectivity index (χ3v) is 2.68. The van der Waals surface area contributed by atoms with Gasteiger partial charge in [0.05, 0.1) is 6.61 Å². The summed E-state index contributed by atoms with van der Waals surface area (Å²) in [5, 5.41) is 4.03. The summed E-state index contributed by atoms with van der Waals surface area (Å²) < 4.78 is 9.76. The molecule has 0 saturated heterocycles. The van der Waals surface area contributed by atoms with Gasteiger partial charge in [0.1, 0.15) is 5.82 Å². The number of nitrogens with zero attached hydrogens (tertiary/aromatic N) is 2. The van der Waals surface area contributed by atoms with E-state index >= 15 is 0 Å². The van der Waals surface area contributed by atoms with Gasteiger partial charge in [-0.15, -0.1) is 0 Å². The molecule has 1 rings (SSSR count). The normalized spacial score (nSPS) is 11.4. The third kappa shape index (κ3) is 4.90. The number of nitrogens with one attached hydrogen (secondary N) is 1. The van der Waals surface area contributed by atoms with Gasteiger partial charge < -0.3 is 10.1 Å². The van der Waals surface area contributed by atoms with E-state index in [2.05, 4.69) is 42.4 Å². The number of hydrogen-bond donors (Lipinski definition) is 1. The van der Waals surface area contributed by atoms with Crippen LogP contribution in [0, 0.1) is 0 Å². The van der Waals surface area contributed by atoms with E-state index in [1.165, 1.54) is 11.5 Å². The molecule has 0 fully saturated rings. The molecule has 0 saturated carbocycles. The molecule has 0 spiro atoms. The van der Waals surface area contributed by atoms with E-state index in [0.29, 0.717) is 23.8 Å². The Hall–Kier alpha value is -0.680. The summed E-state index contributed by atoms with van der Waals surface area (Å²) in [7, 11) is 0. The second-order valence-electron chi connectivity index (χ2n) is 4.38. The summed E-state index contributed by atoms with van der Waals surface area (Å²) in [4.78, 5) is 4.31. The Morgan fingerprint density at radius 1 is 1.31 bits per heavy atom. The van der Waals surface area contributed by atoms with Crippen LogP contribution in [0.1, 0.15) is 45.9 Å². The van der Waals surface area contributed by atoms with E-state index in [-0.39, 0.29) is 0 Å². The lowest BCUT2D eigenvalue weighted by Crippen LogP contribution is -2.24. The van der Waals surface area contributed by atoms with Crippen LogP contribution < -0.4 is 10.1 Å². The van der Waals surface area contributed by atoms with Gasteiger partial charge in [-0.2, -0.15) is 9.36 Å². The highest BCUT2D eigenvalue weighted by molar-refractivity contribution is 7.07. The fourth-order valence-corrected chi connectivity index (χ4v) is 1.83. The molecule has 1 N–H and O–H groups in total. The molecular weight excluding hydrogens is 222 g/mol. The van der Waals surface area contributed by atoms with Crippen molar-refractivity contribution in [2.24, 2.45) is 0 Å². The van der Waals surface area contributed by atoms with Crippen LogP contribution in [0.15, 0.2) is 0 Å². The molecule has 16 heavy (non-hydrogen) atoms. The topological polar surface area (TPSA) is 47.0 Å². The van der Waals surface area contributed by atoms with E-state index in [4.69, 9.17) is 4.74 Å². The zero-order valence-electron chi connectivity index (χ0n) is 10.5. The lowest BCUT2D eigenvalue weighted by atomic mass is 10.2. The summed E-state index contributed by atoms with van der Waals surface area (Å²) in [5.74, 6) is 1.25. The highest BCUT2D eigenvalue weighted by atomic mass is 32.1. The first-order valence-corrected chi connectivity index (χ1v) is 6.56. The lowest BCUT2D eigenvalue weighted by Gasteiger charge is -2.07. The molecule has 1 aromatic heterocycles. The molecule has 5 heteroatoms. The zero-order chi connectivity index (χ0) is 12.0. The minimum Gasteiger partial charge on any atom is -0.469 e. The zero-order valence-corrected chi connectivity index (χ0v) is 11.3. The summed E-state index contributed by atoms with van der Waals surface area (Å²) in [6.07, 6.45) is 0.995. The van der Waals surface area contributed by atoms with E-state index in [9.17, 15) is 0 Å². The van der Waals surface area contributed by atoms with Crippen LogP contribution in [0.3, 0.4) is 0 Å². The standard InChI is InChI=1S/C11H21N3OS/c1-8(2)10-13-11(16-14-10)15-7-5-6-12-9(3)4/h8-9,12H,5-7H2,1-4H3. The van der Waals surface area contributed by atoms with Crippen molar-refractivity contribution >= 4 is 11.5 Å². The quantitative estimate of drug-likeness (QED) is 0.747. The van der Waals surface area contributed by atoms with Gasteiger partial charge in [-0.25, -0.2) is 0 Å². The van der Waals surface area contributed by atoms with E-state index in [1.807, 2.05) is 0 Å². The molecule has 1 heterocycles. The van der Waals surface area contributed by atoms with Gasteiger partial charge in [-0.1, -0.05) is 27.7 Å². The molecule has 4 nitrogen and oxygen atoms in total. The fraction of sp³-hybridized carbons (Fsp3) is 0.818. The number of aromatic nitrogens is 2. The molecule has 0 amide bonds. The molecule has 0 unspecified atom stereocenters. The van der Waals surface area contributed by atoms with Crippen LogP contribution in [0.4, 0.5) is 0 Å². The summed E-state index contributed by atoms with van der Waals surface area (Å²) in [6, 6.07) is 0.536. The molecule has 92 valence electrons. The van der Waals surface area contributed by atoms with Gasteiger partial charge >= 0.3 is 0 Å². The van der Waals surface area contributed by atoms with E-state index in [0.717, 1.165) is 18.8 Å². The highest BCUT2D eigenvalue weighted by Gasteiger charge is 2.07. The van der Waals surface area contributed by atoms with Gasteiger partial charge in [0.15, 0.2) is 0 Å². The molecule has 0 bridgehead atoms. The van der Waals surface area contributed by atoms with Crippen molar-refractivity contribution in [1.29, 1.82) is 0 Å². The van der Waals surface area contributed by atoms with Crippen molar-refractivity contribution in [1.82, 2.24) is 14.7 Å². The first kappa shape index (κ1) is 13.4. The smallest absolute Gasteiger partial charge is 0.293 e. The SMILES string of the molecule is CC(C)NCCCOc1nc(C(C)C)ns1. The van der Waals surface area contributed by atoms with Gasteiger partial charge in [0.2, 0.25) is 0 Å². The van der Waals surface area contributed by atoms with Crippen LogP contribution in [-0.4, -0.2) is 28.6 Å². The average Bonchev–Trinajstić information content (AvgIpc) is 2.65. The Morgan fingerprint density at radius 2 is 2.06 bits per heavy atom. The Bertz CT molecular complexity index is 299. The Morgan fingerprint density at radius 3 is 2.62 bits per heavy atom. The van der Waals surface area contributed by atoms with Gasteiger partial charge in [0, 0.05) is 23.5 Å². The Kier molecular flexibility index (Phi) is 5.69. The molecule has 0 atom stereocenters. The van der Waals surface area contributed by atoms with Crippen LogP contribution in [0.2, 0.25) is 0 Å².